The van der Waals surface area contributed by atoms with E-state index in [0.29, 0.717) is 6.54 Å². The van der Waals surface area contributed by atoms with Crippen LogP contribution in [0.4, 0.5) is 5.69 Å². The number of amides is 1. The van der Waals surface area contributed by atoms with Crippen molar-refractivity contribution in [2.75, 3.05) is 25.5 Å². The number of carbonyl (C=O) groups excluding carboxylic acids is 1. The molecule has 4 nitrogen and oxygen atoms in total. The molecule has 0 atom stereocenters. The standard InChI is InChI=1S/C19H24N2O2/c1-14-8-9-17(15(2)12-14)21-13-19(22)20-11-10-16-6-4-5-7-18(16)23-3/h4-9,12,21H,10-11,13H2,1-3H3,(H,20,22). The van der Waals surface area contributed by atoms with Gasteiger partial charge in [0.1, 0.15) is 5.75 Å². The van der Waals surface area contributed by atoms with Crippen molar-refractivity contribution in [1.29, 1.82) is 0 Å². The van der Waals surface area contributed by atoms with Crippen molar-refractivity contribution in [3.05, 3.63) is 59.2 Å². The van der Waals surface area contributed by atoms with E-state index in [4.69, 9.17) is 4.74 Å². The lowest BCUT2D eigenvalue weighted by molar-refractivity contribution is -0.119. The van der Waals surface area contributed by atoms with Crippen LogP contribution in [0.25, 0.3) is 0 Å². The Morgan fingerprint density at radius 3 is 2.65 bits per heavy atom. The first-order valence-electron chi connectivity index (χ1n) is 7.80. The highest BCUT2D eigenvalue weighted by Gasteiger charge is 2.05. The fourth-order valence-electron chi connectivity index (χ4n) is 2.50. The first-order chi connectivity index (χ1) is 11.1. The van der Waals surface area contributed by atoms with Crippen molar-refractivity contribution in [1.82, 2.24) is 5.32 Å². The topological polar surface area (TPSA) is 50.4 Å². The molecule has 0 aliphatic rings. The third-order valence-electron chi connectivity index (χ3n) is 3.73. The number of benzene rings is 2. The fraction of sp³-hybridized carbons (Fsp3) is 0.316. The Labute approximate surface area is 137 Å². The number of carbonyl (C=O) groups is 1. The molecule has 0 bridgehead atoms. The molecule has 0 saturated heterocycles. The summed E-state index contributed by atoms with van der Waals surface area (Å²) in [6.45, 7) is 4.96. The maximum Gasteiger partial charge on any atom is 0.239 e. The van der Waals surface area contributed by atoms with E-state index in [0.717, 1.165) is 29.0 Å². The summed E-state index contributed by atoms with van der Waals surface area (Å²) in [6, 6.07) is 14.0. The van der Waals surface area contributed by atoms with Gasteiger partial charge in [-0.3, -0.25) is 4.79 Å². The molecule has 2 rings (SSSR count). The lowest BCUT2D eigenvalue weighted by Gasteiger charge is -2.11. The van der Waals surface area contributed by atoms with E-state index < -0.39 is 0 Å². The number of ether oxygens (including phenoxy) is 1. The van der Waals surface area contributed by atoms with Gasteiger partial charge in [0.2, 0.25) is 5.91 Å². The number of aryl methyl sites for hydroxylation is 2. The van der Waals surface area contributed by atoms with Crippen molar-refractivity contribution in [2.45, 2.75) is 20.3 Å². The summed E-state index contributed by atoms with van der Waals surface area (Å²) in [5, 5.41) is 6.10. The highest BCUT2D eigenvalue weighted by atomic mass is 16.5. The average Bonchev–Trinajstić information content (AvgIpc) is 2.54. The van der Waals surface area contributed by atoms with Crippen LogP contribution in [0.15, 0.2) is 42.5 Å². The highest BCUT2D eigenvalue weighted by molar-refractivity contribution is 5.81. The van der Waals surface area contributed by atoms with Gasteiger partial charge in [-0.2, -0.15) is 0 Å². The zero-order chi connectivity index (χ0) is 16.7. The van der Waals surface area contributed by atoms with E-state index in [1.165, 1.54) is 5.56 Å². The third-order valence-corrected chi connectivity index (χ3v) is 3.73. The van der Waals surface area contributed by atoms with Crippen LogP contribution < -0.4 is 15.4 Å². The molecular formula is C19H24N2O2. The molecule has 0 aliphatic carbocycles. The normalized spacial score (nSPS) is 10.2. The lowest BCUT2D eigenvalue weighted by atomic mass is 10.1. The largest absolute Gasteiger partial charge is 0.496 e. The number of hydrogen-bond acceptors (Lipinski definition) is 3. The second-order valence-electron chi connectivity index (χ2n) is 5.58. The van der Waals surface area contributed by atoms with Crippen molar-refractivity contribution in [3.8, 4) is 5.75 Å². The van der Waals surface area contributed by atoms with Crippen molar-refractivity contribution in [2.24, 2.45) is 0 Å². The second kappa shape index (κ2) is 8.22. The Bertz CT molecular complexity index is 668. The number of anilines is 1. The smallest absolute Gasteiger partial charge is 0.239 e. The molecule has 4 heteroatoms. The van der Waals surface area contributed by atoms with Crippen LogP contribution in [-0.4, -0.2) is 26.1 Å². The van der Waals surface area contributed by atoms with E-state index in [-0.39, 0.29) is 12.5 Å². The Hall–Kier alpha value is -2.49. The minimum absolute atomic E-state index is 0.0140. The van der Waals surface area contributed by atoms with Gasteiger partial charge < -0.3 is 15.4 Å². The van der Waals surface area contributed by atoms with Gasteiger partial charge in [0, 0.05) is 12.2 Å². The number of nitrogens with one attached hydrogen (secondary N) is 2. The Balaban J connectivity index is 1.77. The van der Waals surface area contributed by atoms with Crippen molar-refractivity contribution < 1.29 is 9.53 Å². The molecule has 0 fully saturated rings. The molecule has 2 aromatic rings. The average molecular weight is 312 g/mol. The molecule has 122 valence electrons. The van der Waals surface area contributed by atoms with Crippen molar-refractivity contribution in [3.63, 3.8) is 0 Å². The molecule has 0 unspecified atom stereocenters. The number of rotatable bonds is 7. The summed E-state index contributed by atoms with van der Waals surface area (Å²) in [6.07, 6.45) is 0.749. The SMILES string of the molecule is COc1ccccc1CCNC(=O)CNc1ccc(C)cc1C. The summed E-state index contributed by atoms with van der Waals surface area (Å²) in [5.74, 6) is 0.843. The minimum atomic E-state index is -0.0140. The van der Waals surface area contributed by atoms with Gasteiger partial charge in [-0.25, -0.2) is 0 Å². The van der Waals surface area contributed by atoms with Crippen LogP contribution in [-0.2, 0) is 11.2 Å². The van der Waals surface area contributed by atoms with Gasteiger partial charge in [-0.15, -0.1) is 0 Å². The van der Waals surface area contributed by atoms with Gasteiger partial charge in [-0.05, 0) is 43.5 Å². The van der Waals surface area contributed by atoms with Gasteiger partial charge in [0.05, 0.1) is 13.7 Å². The maximum absolute atomic E-state index is 11.9. The summed E-state index contributed by atoms with van der Waals surface area (Å²) in [5.41, 5.74) is 4.45. The maximum atomic E-state index is 11.9. The predicted octanol–water partition coefficient (Wildman–Crippen LogP) is 3.08. The van der Waals surface area contributed by atoms with Crippen LogP contribution in [0.3, 0.4) is 0 Å². The molecule has 23 heavy (non-hydrogen) atoms. The quantitative estimate of drug-likeness (QED) is 0.826. The van der Waals surface area contributed by atoms with Crippen LogP contribution in [0.5, 0.6) is 5.75 Å². The third kappa shape index (κ3) is 5.02. The number of methoxy groups -OCH3 is 1. The Morgan fingerprint density at radius 2 is 1.91 bits per heavy atom. The molecule has 0 aliphatic heterocycles. The molecular weight excluding hydrogens is 288 g/mol. The van der Waals surface area contributed by atoms with Crippen molar-refractivity contribution >= 4 is 11.6 Å². The van der Waals surface area contributed by atoms with Gasteiger partial charge in [0.25, 0.3) is 0 Å². The van der Waals surface area contributed by atoms with Crippen LogP contribution in [0.2, 0.25) is 0 Å². The molecule has 0 heterocycles. The van der Waals surface area contributed by atoms with Crippen LogP contribution in [0.1, 0.15) is 16.7 Å². The Morgan fingerprint density at radius 1 is 1.13 bits per heavy atom. The van der Waals surface area contributed by atoms with Crippen LogP contribution in [0, 0.1) is 13.8 Å². The minimum Gasteiger partial charge on any atom is -0.496 e. The summed E-state index contributed by atoms with van der Waals surface area (Å²) in [7, 11) is 1.66. The molecule has 2 N–H and O–H groups in total. The van der Waals surface area contributed by atoms with Gasteiger partial charge in [0.15, 0.2) is 0 Å². The molecule has 0 radical (unpaired) electrons. The molecule has 0 spiro atoms. The van der Waals surface area contributed by atoms with E-state index in [1.807, 2.05) is 43.3 Å². The summed E-state index contributed by atoms with van der Waals surface area (Å²) >= 11 is 0. The Kier molecular flexibility index (Phi) is 6.03. The zero-order valence-corrected chi connectivity index (χ0v) is 14.0. The zero-order valence-electron chi connectivity index (χ0n) is 14.0. The van der Waals surface area contributed by atoms with Crippen LogP contribution >= 0.6 is 0 Å². The highest BCUT2D eigenvalue weighted by Crippen LogP contribution is 2.17. The first kappa shape index (κ1) is 16.9. The number of hydrogen-bond donors (Lipinski definition) is 2. The van der Waals surface area contributed by atoms with E-state index in [2.05, 4.69) is 23.6 Å². The summed E-state index contributed by atoms with van der Waals surface area (Å²) < 4.78 is 5.31. The molecule has 0 saturated carbocycles. The molecule has 1 amide bonds. The molecule has 0 aromatic heterocycles. The predicted molar refractivity (Wildman–Crippen MR) is 94.1 cm³/mol. The van der Waals surface area contributed by atoms with Gasteiger partial charge in [-0.1, -0.05) is 35.9 Å². The van der Waals surface area contributed by atoms with E-state index in [1.54, 1.807) is 7.11 Å². The van der Waals surface area contributed by atoms with E-state index in [9.17, 15) is 4.79 Å². The second-order valence-corrected chi connectivity index (χ2v) is 5.58. The first-order valence-corrected chi connectivity index (χ1v) is 7.80. The lowest BCUT2D eigenvalue weighted by Crippen LogP contribution is -2.31. The fourth-order valence-corrected chi connectivity index (χ4v) is 2.50. The van der Waals surface area contributed by atoms with Gasteiger partial charge >= 0.3 is 0 Å². The molecule has 2 aromatic carbocycles. The summed E-state index contributed by atoms with van der Waals surface area (Å²) in [4.78, 5) is 11.9. The van der Waals surface area contributed by atoms with E-state index >= 15 is 0 Å². The number of para-hydroxylation sites is 1. The monoisotopic (exact) mass is 312 g/mol.